The molecular formula is C19H29N3O3. The van der Waals surface area contributed by atoms with Crippen molar-refractivity contribution in [3.8, 4) is 0 Å². The number of hydrogen-bond donors (Lipinski definition) is 3. The second-order valence-electron chi connectivity index (χ2n) is 6.83. The van der Waals surface area contributed by atoms with E-state index in [1.54, 1.807) is 7.11 Å². The number of ether oxygens (including phenoxy) is 1. The molecule has 1 heterocycles. The average molecular weight is 347 g/mol. The van der Waals surface area contributed by atoms with Gasteiger partial charge in [-0.25, -0.2) is 0 Å². The summed E-state index contributed by atoms with van der Waals surface area (Å²) in [6.45, 7) is 4.59. The van der Waals surface area contributed by atoms with Gasteiger partial charge >= 0.3 is 0 Å². The molecule has 2 amide bonds. The van der Waals surface area contributed by atoms with Crippen molar-refractivity contribution in [3.63, 3.8) is 0 Å². The molecule has 0 spiro atoms. The van der Waals surface area contributed by atoms with Crippen LogP contribution in [0.25, 0.3) is 0 Å². The maximum Gasteiger partial charge on any atom is 0.222 e. The molecule has 1 aliphatic rings. The van der Waals surface area contributed by atoms with Crippen molar-refractivity contribution in [3.05, 3.63) is 35.9 Å². The highest BCUT2D eigenvalue weighted by Gasteiger charge is 2.32. The van der Waals surface area contributed by atoms with Gasteiger partial charge in [0.15, 0.2) is 0 Å². The van der Waals surface area contributed by atoms with Crippen molar-refractivity contribution in [1.29, 1.82) is 0 Å². The highest BCUT2D eigenvalue weighted by molar-refractivity contribution is 5.79. The van der Waals surface area contributed by atoms with Crippen LogP contribution in [0.5, 0.6) is 0 Å². The van der Waals surface area contributed by atoms with Crippen molar-refractivity contribution >= 4 is 11.8 Å². The molecule has 6 nitrogen and oxygen atoms in total. The topological polar surface area (TPSA) is 79.5 Å². The number of carbonyl (C=O) groups excluding carboxylic acids is 2. The number of amides is 2. The van der Waals surface area contributed by atoms with E-state index in [9.17, 15) is 9.59 Å². The lowest BCUT2D eigenvalue weighted by molar-refractivity contribution is -0.123. The Morgan fingerprint density at radius 3 is 2.52 bits per heavy atom. The Balaban J connectivity index is 1.95. The van der Waals surface area contributed by atoms with Crippen LogP contribution in [0.3, 0.4) is 0 Å². The largest absolute Gasteiger partial charge is 0.384 e. The van der Waals surface area contributed by atoms with Crippen LogP contribution in [0.1, 0.15) is 37.8 Å². The third-order valence-electron chi connectivity index (χ3n) is 4.74. The van der Waals surface area contributed by atoms with Gasteiger partial charge in [-0.05, 0) is 31.5 Å². The molecule has 3 N–H and O–H groups in total. The van der Waals surface area contributed by atoms with Crippen molar-refractivity contribution in [2.45, 2.75) is 32.2 Å². The molecule has 1 aromatic rings. The normalized spacial score (nSPS) is 17.5. The Morgan fingerprint density at radius 1 is 1.24 bits per heavy atom. The highest BCUT2D eigenvalue weighted by Crippen LogP contribution is 2.28. The van der Waals surface area contributed by atoms with E-state index < -0.39 is 0 Å². The Morgan fingerprint density at radius 2 is 1.92 bits per heavy atom. The zero-order valence-corrected chi connectivity index (χ0v) is 15.1. The summed E-state index contributed by atoms with van der Waals surface area (Å²) in [6, 6.07) is 9.26. The summed E-state index contributed by atoms with van der Waals surface area (Å²) in [4.78, 5) is 24.0. The van der Waals surface area contributed by atoms with E-state index in [4.69, 9.17) is 4.74 Å². The van der Waals surface area contributed by atoms with E-state index in [1.165, 1.54) is 6.92 Å². The quantitative estimate of drug-likeness (QED) is 0.664. The van der Waals surface area contributed by atoms with Crippen LogP contribution in [0.2, 0.25) is 0 Å². The van der Waals surface area contributed by atoms with Crippen molar-refractivity contribution in [2.75, 3.05) is 33.4 Å². The highest BCUT2D eigenvalue weighted by atomic mass is 16.5. The number of piperidine rings is 1. The minimum Gasteiger partial charge on any atom is -0.384 e. The first-order chi connectivity index (χ1) is 12.0. The first kappa shape index (κ1) is 19.4. The molecular weight excluding hydrogens is 318 g/mol. The van der Waals surface area contributed by atoms with Crippen LogP contribution in [0.15, 0.2) is 30.3 Å². The third-order valence-corrected chi connectivity index (χ3v) is 4.74. The predicted octanol–water partition coefficient (Wildman–Crippen LogP) is 1.39. The SMILES string of the molecule is COCC1(CNC(=O)CC(NC(C)=O)c2ccccc2)CCNCC1. The maximum absolute atomic E-state index is 12.5. The van der Waals surface area contributed by atoms with Gasteiger partial charge in [0.05, 0.1) is 19.1 Å². The van der Waals surface area contributed by atoms with Crippen molar-refractivity contribution in [1.82, 2.24) is 16.0 Å². The molecule has 1 saturated heterocycles. The smallest absolute Gasteiger partial charge is 0.222 e. The van der Waals surface area contributed by atoms with E-state index >= 15 is 0 Å². The fourth-order valence-electron chi connectivity index (χ4n) is 3.36. The second kappa shape index (κ2) is 9.53. The van der Waals surface area contributed by atoms with Gasteiger partial charge in [0.25, 0.3) is 0 Å². The van der Waals surface area contributed by atoms with Crippen LogP contribution in [-0.4, -0.2) is 45.2 Å². The van der Waals surface area contributed by atoms with Crippen LogP contribution in [0.4, 0.5) is 0 Å². The lowest BCUT2D eigenvalue weighted by Crippen LogP contribution is -2.47. The molecule has 1 atom stereocenters. The molecule has 0 aliphatic carbocycles. The molecule has 0 bridgehead atoms. The lowest BCUT2D eigenvalue weighted by Gasteiger charge is -2.37. The van der Waals surface area contributed by atoms with Gasteiger partial charge in [-0.15, -0.1) is 0 Å². The van der Waals surface area contributed by atoms with E-state index in [1.807, 2.05) is 30.3 Å². The fraction of sp³-hybridized carbons (Fsp3) is 0.579. The third kappa shape index (κ3) is 6.14. The molecule has 2 rings (SSSR count). The van der Waals surface area contributed by atoms with Crippen LogP contribution in [-0.2, 0) is 14.3 Å². The summed E-state index contributed by atoms with van der Waals surface area (Å²) in [5.74, 6) is -0.201. The van der Waals surface area contributed by atoms with Crippen LogP contribution < -0.4 is 16.0 Å². The van der Waals surface area contributed by atoms with Gasteiger partial charge in [-0.3, -0.25) is 9.59 Å². The van der Waals surface area contributed by atoms with E-state index in [0.717, 1.165) is 31.5 Å². The molecule has 1 unspecified atom stereocenters. The molecule has 1 fully saturated rings. The number of hydrogen-bond acceptors (Lipinski definition) is 4. The predicted molar refractivity (Wildman–Crippen MR) is 97.0 cm³/mol. The van der Waals surface area contributed by atoms with Gasteiger partial charge < -0.3 is 20.7 Å². The summed E-state index contributed by atoms with van der Waals surface area (Å²) in [5, 5.41) is 9.26. The number of carbonyl (C=O) groups is 2. The molecule has 138 valence electrons. The molecule has 6 heteroatoms. The zero-order valence-electron chi connectivity index (χ0n) is 15.1. The van der Waals surface area contributed by atoms with Gasteiger partial charge in [0.2, 0.25) is 11.8 Å². The Kier molecular flexibility index (Phi) is 7.40. The monoisotopic (exact) mass is 347 g/mol. The summed E-state index contributed by atoms with van der Waals surface area (Å²) in [7, 11) is 1.70. The molecule has 0 radical (unpaired) electrons. The Hall–Kier alpha value is -1.92. The van der Waals surface area contributed by atoms with Crippen LogP contribution >= 0.6 is 0 Å². The Labute approximate surface area is 149 Å². The number of nitrogens with one attached hydrogen (secondary N) is 3. The fourth-order valence-corrected chi connectivity index (χ4v) is 3.36. The minimum atomic E-state index is -0.315. The summed E-state index contributed by atoms with van der Waals surface area (Å²) >= 11 is 0. The Bertz CT molecular complexity index is 551. The molecule has 0 aromatic heterocycles. The molecule has 0 saturated carbocycles. The molecule has 25 heavy (non-hydrogen) atoms. The number of benzene rings is 1. The number of methoxy groups -OCH3 is 1. The van der Waals surface area contributed by atoms with E-state index in [-0.39, 0.29) is 29.7 Å². The maximum atomic E-state index is 12.5. The standard InChI is InChI=1S/C19H29N3O3/c1-15(23)22-17(16-6-4-3-5-7-16)12-18(24)21-13-19(14-25-2)8-10-20-11-9-19/h3-7,17,20H,8-14H2,1-2H3,(H,21,24)(H,22,23). The van der Waals surface area contributed by atoms with Crippen molar-refractivity contribution < 1.29 is 14.3 Å². The van der Waals surface area contributed by atoms with E-state index in [2.05, 4.69) is 16.0 Å². The first-order valence-corrected chi connectivity index (χ1v) is 8.83. The number of rotatable bonds is 8. The van der Waals surface area contributed by atoms with E-state index in [0.29, 0.717) is 13.2 Å². The zero-order chi connectivity index (χ0) is 18.1. The second-order valence-corrected chi connectivity index (χ2v) is 6.83. The summed E-state index contributed by atoms with van der Waals surface area (Å²) in [5.41, 5.74) is 0.924. The minimum absolute atomic E-state index is 0.00803. The molecule has 1 aromatic carbocycles. The van der Waals surface area contributed by atoms with Gasteiger partial charge in [-0.1, -0.05) is 30.3 Å². The first-order valence-electron chi connectivity index (χ1n) is 8.83. The summed E-state index contributed by atoms with van der Waals surface area (Å²) in [6.07, 6.45) is 2.19. The lowest BCUT2D eigenvalue weighted by atomic mass is 9.79. The van der Waals surface area contributed by atoms with Gasteiger partial charge in [-0.2, -0.15) is 0 Å². The average Bonchev–Trinajstić information content (AvgIpc) is 2.61. The van der Waals surface area contributed by atoms with Crippen molar-refractivity contribution in [2.24, 2.45) is 5.41 Å². The van der Waals surface area contributed by atoms with Crippen LogP contribution in [0, 0.1) is 5.41 Å². The van der Waals surface area contributed by atoms with Gasteiger partial charge in [0.1, 0.15) is 0 Å². The van der Waals surface area contributed by atoms with Gasteiger partial charge in [0, 0.05) is 26.0 Å². The summed E-state index contributed by atoms with van der Waals surface area (Å²) < 4.78 is 5.38. The molecule has 1 aliphatic heterocycles.